The summed E-state index contributed by atoms with van der Waals surface area (Å²) in [7, 11) is 0. The number of likely N-dealkylation sites (tertiary alicyclic amines) is 1. The van der Waals surface area contributed by atoms with Crippen LogP contribution in [0.15, 0.2) is 78.9 Å². The number of carbonyl (C=O) groups excluding carboxylic acids is 3. The molecule has 0 radical (unpaired) electrons. The topological polar surface area (TPSA) is 149 Å². The molecule has 3 aromatic carbocycles. The molecule has 2 N–H and O–H groups in total. The fourth-order valence-electron chi connectivity index (χ4n) is 5.30. The Morgan fingerprint density at radius 1 is 1.00 bits per heavy atom. The van der Waals surface area contributed by atoms with E-state index in [0.717, 1.165) is 5.56 Å². The molecule has 11 nitrogen and oxygen atoms in total. The van der Waals surface area contributed by atoms with Gasteiger partial charge in [-0.2, -0.15) is 5.26 Å². The van der Waals surface area contributed by atoms with Crippen LogP contribution in [-0.2, 0) is 14.4 Å². The quantitative estimate of drug-likeness (QED) is 0.436. The summed E-state index contributed by atoms with van der Waals surface area (Å²) in [5.41, 5.74) is 1.77. The molecule has 1 saturated heterocycles. The average molecular weight is 599 g/mol. The van der Waals surface area contributed by atoms with Crippen molar-refractivity contribution in [3.05, 3.63) is 95.6 Å². The van der Waals surface area contributed by atoms with E-state index in [-0.39, 0.29) is 43.3 Å². The zero-order valence-corrected chi connectivity index (χ0v) is 24.1. The molecule has 1 fully saturated rings. The molecule has 0 aliphatic carbocycles. The molecule has 0 unspecified atom stereocenters. The van der Waals surface area contributed by atoms with E-state index in [1.807, 2.05) is 42.5 Å². The molecule has 5 rings (SSSR count). The van der Waals surface area contributed by atoms with E-state index >= 15 is 0 Å². The van der Waals surface area contributed by atoms with Gasteiger partial charge in [-0.05, 0) is 54.4 Å². The number of ether oxygens (including phenoxy) is 2. The average Bonchev–Trinajstić information content (AvgIpc) is 3.51. The van der Waals surface area contributed by atoms with Crippen molar-refractivity contribution in [2.45, 2.75) is 12.3 Å². The number of nitrogens with zero attached hydrogens (tertiary/aromatic N) is 3. The number of hydrogen-bond acceptors (Lipinski definition) is 7. The van der Waals surface area contributed by atoms with Crippen molar-refractivity contribution in [3.8, 4) is 17.6 Å². The predicted octanol–water partition coefficient (Wildman–Crippen LogP) is 2.92. The minimum atomic E-state index is -0.430. The maximum atomic E-state index is 13.4. The van der Waals surface area contributed by atoms with Crippen LogP contribution < -0.4 is 14.8 Å². The van der Waals surface area contributed by atoms with Gasteiger partial charge in [0.25, 0.3) is 18.3 Å². The van der Waals surface area contributed by atoms with Gasteiger partial charge in [-0.15, -0.1) is 0 Å². The van der Waals surface area contributed by atoms with Crippen LogP contribution in [0, 0.1) is 17.2 Å². The number of nitriles is 1. The minimum Gasteiger partial charge on any atom is -0.492 e. The van der Waals surface area contributed by atoms with Crippen molar-refractivity contribution in [2.24, 2.45) is 5.92 Å². The summed E-state index contributed by atoms with van der Waals surface area (Å²) in [6.45, 7) is 1.78. The lowest BCUT2D eigenvalue weighted by Gasteiger charge is -2.25. The molecular formula is C33H34N4O7. The van der Waals surface area contributed by atoms with Crippen molar-refractivity contribution in [1.82, 2.24) is 15.1 Å². The first-order valence-electron chi connectivity index (χ1n) is 14.3. The third kappa shape index (κ3) is 8.35. The predicted molar refractivity (Wildman–Crippen MR) is 160 cm³/mol. The Bertz CT molecular complexity index is 1490. The van der Waals surface area contributed by atoms with Gasteiger partial charge in [-0.25, -0.2) is 0 Å². The van der Waals surface area contributed by atoms with E-state index in [2.05, 4.69) is 11.4 Å². The van der Waals surface area contributed by atoms with Gasteiger partial charge in [-0.3, -0.25) is 19.2 Å². The second-order valence-corrected chi connectivity index (χ2v) is 10.3. The maximum absolute atomic E-state index is 13.4. The Morgan fingerprint density at radius 3 is 2.52 bits per heavy atom. The maximum Gasteiger partial charge on any atom is 0.290 e. The lowest BCUT2D eigenvalue weighted by molar-refractivity contribution is -0.132. The first-order valence-corrected chi connectivity index (χ1v) is 14.3. The third-order valence-electron chi connectivity index (χ3n) is 7.46. The van der Waals surface area contributed by atoms with E-state index in [4.69, 9.17) is 19.4 Å². The van der Waals surface area contributed by atoms with Gasteiger partial charge in [0.2, 0.25) is 5.91 Å². The molecule has 2 aliphatic rings. The molecule has 228 valence electrons. The Kier molecular flexibility index (Phi) is 11.3. The summed E-state index contributed by atoms with van der Waals surface area (Å²) in [5.74, 6) is 0.140. The van der Waals surface area contributed by atoms with Crippen LogP contribution in [0.3, 0.4) is 0 Å². The molecule has 3 amide bonds. The molecule has 2 aliphatic heterocycles. The molecule has 0 aromatic heterocycles. The lowest BCUT2D eigenvalue weighted by atomic mass is 9.88. The van der Waals surface area contributed by atoms with Gasteiger partial charge in [-0.1, -0.05) is 36.4 Å². The molecular weight excluding hydrogens is 564 g/mol. The van der Waals surface area contributed by atoms with E-state index in [0.29, 0.717) is 61.8 Å². The fourth-order valence-corrected chi connectivity index (χ4v) is 5.30. The zero-order chi connectivity index (χ0) is 31.3. The number of amides is 3. The van der Waals surface area contributed by atoms with Crippen LogP contribution in [0.5, 0.6) is 11.5 Å². The Labute approximate surface area is 255 Å². The molecule has 2 atom stereocenters. The fraction of sp³-hybridized carbons (Fsp3) is 0.303. The van der Waals surface area contributed by atoms with Crippen molar-refractivity contribution in [3.63, 3.8) is 0 Å². The number of hydrogen-bond donors (Lipinski definition) is 2. The van der Waals surface area contributed by atoms with Gasteiger partial charge in [0, 0.05) is 37.7 Å². The highest BCUT2D eigenvalue weighted by molar-refractivity contribution is 5.94. The van der Waals surface area contributed by atoms with Gasteiger partial charge in [0.05, 0.1) is 24.1 Å². The van der Waals surface area contributed by atoms with E-state index in [1.165, 1.54) is 0 Å². The summed E-state index contributed by atoms with van der Waals surface area (Å²) in [5, 5.41) is 19.1. The summed E-state index contributed by atoms with van der Waals surface area (Å²) in [6.07, 6.45) is 0.547. The van der Waals surface area contributed by atoms with Gasteiger partial charge >= 0.3 is 0 Å². The number of benzene rings is 3. The zero-order valence-electron chi connectivity index (χ0n) is 24.1. The molecule has 44 heavy (non-hydrogen) atoms. The smallest absolute Gasteiger partial charge is 0.290 e. The summed E-state index contributed by atoms with van der Waals surface area (Å²) in [6, 6.07) is 25.5. The van der Waals surface area contributed by atoms with Crippen LogP contribution in [0.25, 0.3) is 0 Å². The number of carboxylic acid groups (broad SMARTS) is 1. The van der Waals surface area contributed by atoms with Crippen molar-refractivity contribution in [1.29, 1.82) is 5.26 Å². The lowest BCUT2D eigenvalue weighted by Crippen LogP contribution is -2.39. The molecule has 3 aromatic rings. The second-order valence-electron chi connectivity index (χ2n) is 10.3. The first-order chi connectivity index (χ1) is 21.4. The number of carbonyl (C=O) groups is 4. The van der Waals surface area contributed by atoms with Crippen LogP contribution >= 0.6 is 0 Å². The van der Waals surface area contributed by atoms with Gasteiger partial charge in [0.1, 0.15) is 18.1 Å². The minimum absolute atomic E-state index is 0.102. The largest absolute Gasteiger partial charge is 0.492 e. The SMILES string of the molecule is N#Cc1cccc(C(=O)N2CCCNC(=O)[C@H]3CN(C(=O)COc4ccccc4)C[C@@H]3c3cccc(c3)OCC2)c1.O=CO. The molecule has 11 heteroatoms. The Balaban J connectivity index is 0.00000141. The molecule has 2 heterocycles. The molecule has 0 spiro atoms. The summed E-state index contributed by atoms with van der Waals surface area (Å²) < 4.78 is 11.7. The normalized spacial score (nSPS) is 18.1. The number of rotatable bonds is 4. The van der Waals surface area contributed by atoms with Crippen LogP contribution in [0.4, 0.5) is 0 Å². The molecule has 0 saturated carbocycles. The van der Waals surface area contributed by atoms with E-state index in [1.54, 1.807) is 46.2 Å². The van der Waals surface area contributed by atoms with E-state index < -0.39 is 5.92 Å². The van der Waals surface area contributed by atoms with Crippen molar-refractivity contribution < 1.29 is 33.8 Å². The highest BCUT2D eigenvalue weighted by atomic mass is 16.5. The number of fused-ring (bicyclic) bond motifs is 4. The first kappa shape index (κ1) is 31.6. The standard InChI is InChI=1S/C32H32N4O5.CH2O2/c33-19-23-7-4-9-25(17-23)32(39)35-14-6-13-34-31(38)29-21-36(30(37)22-41-26-10-2-1-3-11-26)20-28(29)24-8-5-12-27(18-24)40-16-15-35;2-1-3/h1-5,7-12,17-18,28-29H,6,13-16,20-22H2,(H,34,38);1H,(H,2,3)/t28-,29+;/m1./s1. The van der Waals surface area contributed by atoms with Gasteiger partial charge < -0.3 is 29.7 Å². The molecule has 2 bridgehead atoms. The van der Waals surface area contributed by atoms with Crippen LogP contribution in [0.2, 0.25) is 0 Å². The number of para-hydroxylation sites is 1. The van der Waals surface area contributed by atoms with Crippen molar-refractivity contribution >= 4 is 24.2 Å². The monoisotopic (exact) mass is 598 g/mol. The van der Waals surface area contributed by atoms with Crippen LogP contribution in [-0.4, -0.2) is 85.0 Å². The van der Waals surface area contributed by atoms with Crippen LogP contribution in [0.1, 0.15) is 33.8 Å². The Morgan fingerprint density at radius 2 is 1.75 bits per heavy atom. The third-order valence-corrected chi connectivity index (χ3v) is 7.46. The number of nitrogens with one attached hydrogen (secondary N) is 1. The summed E-state index contributed by atoms with van der Waals surface area (Å²) in [4.78, 5) is 51.4. The summed E-state index contributed by atoms with van der Waals surface area (Å²) >= 11 is 0. The highest BCUT2D eigenvalue weighted by Crippen LogP contribution is 2.34. The van der Waals surface area contributed by atoms with E-state index in [9.17, 15) is 19.6 Å². The Hall–Kier alpha value is -5.37. The second kappa shape index (κ2) is 15.7. The van der Waals surface area contributed by atoms with Gasteiger partial charge in [0.15, 0.2) is 6.61 Å². The highest BCUT2D eigenvalue weighted by Gasteiger charge is 2.40. The van der Waals surface area contributed by atoms with Crippen molar-refractivity contribution in [2.75, 3.05) is 45.9 Å².